The van der Waals surface area contributed by atoms with Gasteiger partial charge in [-0.05, 0) is 23.6 Å². The Balaban J connectivity index is 1.60. The van der Waals surface area contributed by atoms with Crippen molar-refractivity contribution in [1.29, 1.82) is 0 Å². The number of ether oxygens (including phenoxy) is 1. The van der Waals surface area contributed by atoms with Gasteiger partial charge in [0.15, 0.2) is 5.15 Å². The van der Waals surface area contributed by atoms with Crippen molar-refractivity contribution in [2.75, 3.05) is 6.54 Å². The molecule has 5 nitrogen and oxygen atoms in total. The number of aromatic nitrogens is 2. The summed E-state index contributed by atoms with van der Waals surface area (Å²) in [6.45, 7) is 1.28. The van der Waals surface area contributed by atoms with Gasteiger partial charge in [0.25, 0.3) is 0 Å². The summed E-state index contributed by atoms with van der Waals surface area (Å²) in [4.78, 5) is 13.7. The fourth-order valence-corrected chi connectivity index (χ4v) is 2.43. The molecule has 0 fully saturated rings. The quantitative estimate of drug-likeness (QED) is 0.856. The van der Waals surface area contributed by atoms with Gasteiger partial charge in [-0.3, -0.25) is 0 Å². The van der Waals surface area contributed by atoms with E-state index in [1.54, 1.807) is 11.0 Å². The molecule has 0 spiro atoms. The van der Waals surface area contributed by atoms with Crippen LogP contribution in [0.1, 0.15) is 16.8 Å². The van der Waals surface area contributed by atoms with E-state index in [0.29, 0.717) is 24.7 Å². The lowest BCUT2D eigenvalue weighted by molar-refractivity contribution is 0.0911. The third kappa shape index (κ3) is 3.31. The van der Waals surface area contributed by atoms with Crippen LogP contribution in [0.5, 0.6) is 0 Å². The van der Waals surface area contributed by atoms with Crippen molar-refractivity contribution in [2.45, 2.75) is 19.6 Å². The van der Waals surface area contributed by atoms with E-state index < -0.39 is 0 Å². The molecule has 2 heterocycles. The van der Waals surface area contributed by atoms with E-state index in [2.05, 4.69) is 10.2 Å². The first kappa shape index (κ1) is 13.8. The Bertz CT molecular complexity index is 649. The number of amides is 1. The van der Waals surface area contributed by atoms with Crippen LogP contribution < -0.4 is 0 Å². The number of halogens is 1. The molecule has 1 aliphatic heterocycles. The van der Waals surface area contributed by atoms with Gasteiger partial charge >= 0.3 is 6.09 Å². The molecule has 1 aromatic carbocycles. The zero-order valence-corrected chi connectivity index (χ0v) is 12.1. The smallest absolute Gasteiger partial charge is 0.410 e. The van der Waals surface area contributed by atoms with Crippen molar-refractivity contribution in [2.24, 2.45) is 0 Å². The fourth-order valence-electron chi connectivity index (χ4n) is 2.26. The van der Waals surface area contributed by atoms with Gasteiger partial charge in [0, 0.05) is 6.54 Å². The summed E-state index contributed by atoms with van der Waals surface area (Å²) in [5.41, 5.74) is 2.79. The number of hydrogen-bond donors (Lipinski definition) is 0. The normalized spacial score (nSPS) is 13.7. The van der Waals surface area contributed by atoms with Crippen LogP contribution in [0.2, 0.25) is 5.15 Å². The summed E-state index contributed by atoms with van der Waals surface area (Å²) in [7, 11) is 0. The van der Waals surface area contributed by atoms with Crippen molar-refractivity contribution in [3.8, 4) is 0 Å². The largest absolute Gasteiger partial charge is 0.445 e. The Morgan fingerprint density at radius 3 is 2.90 bits per heavy atom. The topological polar surface area (TPSA) is 55.3 Å². The maximum Gasteiger partial charge on any atom is 0.410 e. The molecule has 0 aliphatic carbocycles. The molecule has 0 N–H and O–H groups in total. The van der Waals surface area contributed by atoms with Crippen LogP contribution in [-0.4, -0.2) is 27.7 Å². The van der Waals surface area contributed by atoms with Gasteiger partial charge < -0.3 is 9.64 Å². The molecule has 1 aromatic heterocycles. The minimum Gasteiger partial charge on any atom is -0.445 e. The molecule has 0 radical (unpaired) electrons. The average molecular weight is 304 g/mol. The summed E-state index contributed by atoms with van der Waals surface area (Å²) >= 11 is 5.81. The molecular formula is C15H14ClN3O2. The lowest BCUT2D eigenvalue weighted by Gasteiger charge is -2.26. The van der Waals surface area contributed by atoms with Crippen LogP contribution in [0.4, 0.5) is 4.79 Å². The summed E-state index contributed by atoms with van der Waals surface area (Å²) < 4.78 is 5.32. The first-order valence-corrected chi connectivity index (χ1v) is 7.07. The van der Waals surface area contributed by atoms with Crippen LogP contribution >= 0.6 is 11.6 Å². The Kier molecular flexibility index (Phi) is 4.01. The summed E-state index contributed by atoms with van der Waals surface area (Å²) in [5.74, 6) is 0. The zero-order valence-electron chi connectivity index (χ0n) is 11.3. The van der Waals surface area contributed by atoms with E-state index in [0.717, 1.165) is 16.8 Å². The Morgan fingerprint density at radius 2 is 2.10 bits per heavy atom. The molecule has 3 rings (SSSR count). The Labute approximate surface area is 127 Å². The number of carbonyl (C=O) groups excluding carboxylic acids is 1. The van der Waals surface area contributed by atoms with Gasteiger partial charge in [0.05, 0.1) is 12.2 Å². The van der Waals surface area contributed by atoms with Crippen LogP contribution in [-0.2, 0) is 24.3 Å². The predicted octanol–water partition coefficient (Wildman–Crippen LogP) is 2.82. The van der Waals surface area contributed by atoms with E-state index in [4.69, 9.17) is 16.3 Å². The number of benzene rings is 1. The molecule has 1 aliphatic rings. The van der Waals surface area contributed by atoms with Gasteiger partial charge in [0.1, 0.15) is 6.61 Å². The van der Waals surface area contributed by atoms with Gasteiger partial charge in [-0.15, -0.1) is 5.10 Å². The zero-order chi connectivity index (χ0) is 14.7. The van der Waals surface area contributed by atoms with Crippen molar-refractivity contribution >= 4 is 17.7 Å². The number of carbonyl (C=O) groups is 1. The maximum atomic E-state index is 12.1. The second-order valence-electron chi connectivity index (χ2n) is 4.85. The van der Waals surface area contributed by atoms with Crippen LogP contribution in [0.3, 0.4) is 0 Å². The molecule has 2 aromatic rings. The monoisotopic (exact) mass is 303 g/mol. The van der Waals surface area contributed by atoms with E-state index in [-0.39, 0.29) is 12.7 Å². The first-order valence-electron chi connectivity index (χ1n) is 6.69. The highest BCUT2D eigenvalue weighted by Crippen LogP contribution is 2.19. The molecular weight excluding hydrogens is 290 g/mol. The lowest BCUT2D eigenvalue weighted by atomic mass is 10.1. The fraction of sp³-hybridized carbons (Fsp3) is 0.267. The standard InChI is InChI=1S/C15H14ClN3O2/c16-14-8-12-6-7-19(9-13(12)17-18-14)15(20)21-10-11-4-2-1-3-5-11/h1-5,8H,6-7,9-10H2. The average Bonchev–Trinajstić information content (AvgIpc) is 2.53. The van der Waals surface area contributed by atoms with Crippen molar-refractivity contribution in [3.05, 3.63) is 58.4 Å². The second-order valence-corrected chi connectivity index (χ2v) is 5.24. The summed E-state index contributed by atoms with van der Waals surface area (Å²) in [6, 6.07) is 11.4. The second kappa shape index (κ2) is 6.10. The highest BCUT2D eigenvalue weighted by atomic mass is 35.5. The number of hydrogen-bond acceptors (Lipinski definition) is 4. The molecule has 0 atom stereocenters. The number of fused-ring (bicyclic) bond motifs is 1. The summed E-state index contributed by atoms with van der Waals surface area (Å²) in [5, 5.41) is 8.24. The lowest BCUT2D eigenvalue weighted by Crippen LogP contribution is -2.36. The van der Waals surface area contributed by atoms with Crippen molar-refractivity contribution in [3.63, 3.8) is 0 Å². The molecule has 0 saturated carbocycles. The predicted molar refractivity (Wildman–Crippen MR) is 77.8 cm³/mol. The highest BCUT2D eigenvalue weighted by Gasteiger charge is 2.23. The first-order chi connectivity index (χ1) is 10.2. The van der Waals surface area contributed by atoms with Crippen LogP contribution in [0.15, 0.2) is 36.4 Å². The number of rotatable bonds is 2. The SMILES string of the molecule is O=C(OCc1ccccc1)N1CCc2cc(Cl)nnc2C1. The molecule has 108 valence electrons. The van der Waals surface area contributed by atoms with Crippen molar-refractivity contribution in [1.82, 2.24) is 15.1 Å². The number of nitrogens with zero attached hydrogens (tertiary/aromatic N) is 3. The van der Waals surface area contributed by atoms with Gasteiger partial charge in [-0.2, -0.15) is 5.10 Å². The van der Waals surface area contributed by atoms with Gasteiger partial charge in [-0.1, -0.05) is 41.9 Å². The third-order valence-electron chi connectivity index (χ3n) is 3.39. The molecule has 21 heavy (non-hydrogen) atoms. The molecule has 0 unspecified atom stereocenters. The highest BCUT2D eigenvalue weighted by molar-refractivity contribution is 6.29. The third-order valence-corrected chi connectivity index (χ3v) is 3.57. The summed E-state index contributed by atoms with van der Waals surface area (Å²) in [6.07, 6.45) is 0.381. The van der Waals surface area contributed by atoms with Crippen LogP contribution in [0.25, 0.3) is 0 Å². The maximum absolute atomic E-state index is 12.1. The van der Waals surface area contributed by atoms with Gasteiger partial charge in [0.2, 0.25) is 0 Å². The minimum absolute atomic E-state index is 0.273. The van der Waals surface area contributed by atoms with E-state index in [1.165, 1.54) is 0 Å². The van der Waals surface area contributed by atoms with E-state index in [9.17, 15) is 4.79 Å². The molecule has 6 heteroatoms. The Morgan fingerprint density at radius 1 is 1.29 bits per heavy atom. The van der Waals surface area contributed by atoms with Crippen molar-refractivity contribution < 1.29 is 9.53 Å². The molecule has 0 saturated heterocycles. The molecule has 0 bridgehead atoms. The Hall–Kier alpha value is -2.14. The van der Waals surface area contributed by atoms with Gasteiger partial charge in [-0.25, -0.2) is 4.79 Å². The minimum atomic E-state index is -0.332. The molecule has 1 amide bonds. The van der Waals surface area contributed by atoms with E-state index >= 15 is 0 Å². The van der Waals surface area contributed by atoms with E-state index in [1.807, 2.05) is 30.3 Å². The van der Waals surface area contributed by atoms with Crippen LogP contribution in [0, 0.1) is 0 Å².